The molecule has 1 saturated heterocycles. The molecular formula is C25H48N4O3. The Morgan fingerprint density at radius 2 is 1.72 bits per heavy atom. The third-order valence-electron chi connectivity index (χ3n) is 6.09. The summed E-state index contributed by atoms with van der Waals surface area (Å²) in [5.74, 6) is 1.35. The Hall–Kier alpha value is -1.63. The maximum absolute atomic E-state index is 12.9. The Morgan fingerprint density at radius 1 is 1.09 bits per heavy atom. The first kappa shape index (κ1) is 28.4. The minimum Gasteiger partial charge on any atom is -0.368 e. The van der Waals surface area contributed by atoms with Crippen LogP contribution in [-0.4, -0.2) is 54.3 Å². The molecule has 1 unspecified atom stereocenters. The molecular weight excluding hydrogens is 404 g/mol. The van der Waals surface area contributed by atoms with Crippen LogP contribution in [0.2, 0.25) is 0 Å². The zero-order chi connectivity index (χ0) is 24.1. The molecule has 1 saturated carbocycles. The molecule has 0 aromatic rings. The average molecular weight is 453 g/mol. The van der Waals surface area contributed by atoms with Gasteiger partial charge in [0, 0.05) is 6.54 Å². The van der Waals surface area contributed by atoms with Crippen LogP contribution in [0, 0.1) is 17.8 Å². The molecule has 2 rings (SSSR count). The van der Waals surface area contributed by atoms with Crippen molar-refractivity contribution < 1.29 is 14.4 Å². The lowest BCUT2D eigenvalue weighted by Gasteiger charge is -2.27. The van der Waals surface area contributed by atoms with Gasteiger partial charge in [-0.25, -0.2) is 0 Å². The van der Waals surface area contributed by atoms with Crippen LogP contribution < -0.4 is 16.4 Å². The maximum Gasteiger partial charge on any atom is 0.243 e. The third-order valence-corrected chi connectivity index (χ3v) is 6.09. The van der Waals surface area contributed by atoms with Gasteiger partial charge in [-0.05, 0) is 43.6 Å². The third kappa shape index (κ3) is 10.8. The fourth-order valence-corrected chi connectivity index (χ4v) is 4.61. The molecule has 4 N–H and O–H groups in total. The summed E-state index contributed by atoms with van der Waals surface area (Å²) in [6, 6.07) is -0.736. The van der Waals surface area contributed by atoms with E-state index in [2.05, 4.69) is 38.3 Å². The number of amides is 3. The molecule has 32 heavy (non-hydrogen) atoms. The molecule has 1 heterocycles. The topological polar surface area (TPSA) is 105 Å². The van der Waals surface area contributed by atoms with Crippen molar-refractivity contribution in [1.82, 2.24) is 15.5 Å². The molecule has 0 spiro atoms. The molecule has 186 valence electrons. The first-order valence-corrected chi connectivity index (χ1v) is 12.8. The Labute approximate surface area is 195 Å². The highest BCUT2D eigenvalue weighted by Gasteiger charge is 2.38. The second kappa shape index (κ2) is 15.3. The van der Waals surface area contributed by atoms with Crippen LogP contribution in [0.5, 0.6) is 0 Å². The van der Waals surface area contributed by atoms with E-state index < -0.39 is 11.9 Å². The van der Waals surface area contributed by atoms with Crippen LogP contribution in [0.4, 0.5) is 0 Å². The van der Waals surface area contributed by atoms with Gasteiger partial charge in [-0.2, -0.15) is 0 Å². The van der Waals surface area contributed by atoms with E-state index in [0.29, 0.717) is 18.9 Å². The van der Waals surface area contributed by atoms with Crippen LogP contribution in [-0.2, 0) is 14.4 Å². The largest absolute Gasteiger partial charge is 0.368 e. The molecule has 0 aromatic heterocycles. The van der Waals surface area contributed by atoms with Gasteiger partial charge in [-0.3, -0.25) is 14.4 Å². The summed E-state index contributed by atoms with van der Waals surface area (Å²) >= 11 is 0. The minimum atomic E-state index is -0.581. The first-order chi connectivity index (χ1) is 15.1. The van der Waals surface area contributed by atoms with E-state index in [1.807, 2.05) is 6.92 Å². The molecule has 1 aliphatic heterocycles. The zero-order valence-corrected chi connectivity index (χ0v) is 21.1. The van der Waals surface area contributed by atoms with Gasteiger partial charge < -0.3 is 21.3 Å². The predicted molar refractivity (Wildman–Crippen MR) is 130 cm³/mol. The van der Waals surface area contributed by atoms with Crippen molar-refractivity contribution in [2.24, 2.45) is 23.5 Å². The van der Waals surface area contributed by atoms with Gasteiger partial charge in [0.2, 0.25) is 17.7 Å². The highest BCUT2D eigenvalue weighted by molar-refractivity contribution is 5.92. The van der Waals surface area contributed by atoms with Crippen LogP contribution in [0.1, 0.15) is 92.4 Å². The normalized spacial score (nSPS) is 21.1. The number of carbonyl (C=O) groups excluding carboxylic acids is 3. The summed E-state index contributed by atoms with van der Waals surface area (Å²) in [5, 5.41) is 5.99. The Bertz CT molecular complexity index is 573. The number of primary amides is 1. The van der Waals surface area contributed by atoms with Gasteiger partial charge in [0.15, 0.2) is 0 Å². The number of rotatable bonds is 11. The van der Waals surface area contributed by atoms with Crippen molar-refractivity contribution in [3.63, 3.8) is 0 Å². The van der Waals surface area contributed by atoms with E-state index >= 15 is 0 Å². The number of hydrogen-bond acceptors (Lipinski definition) is 4. The summed E-state index contributed by atoms with van der Waals surface area (Å²) in [7, 11) is 0. The molecule has 7 nitrogen and oxygen atoms in total. The van der Waals surface area contributed by atoms with Gasteiger partial charge in [0.25, 0.3) is 0 Å². The van der Waals surface area contributed by atoms with E-state index in [-0.39, 0.29) is 24.4 Å². The second-order valence-electron chi connectivity index (χ2n) is 10.3. The number of carbonyl (C=O) groups is 3. The lowest BCUT2D eigenvalue weighted by Crippen LogP contribution is -2.51. The van der Waals surface area contributed by atoms with Crippen LogP contribution in [0.3, 0.4) is 0 Å². The maximum atomic E-state index is 12.9. The fraction of sp³-hybridized carbons (Fsp3) is 0.880. The molecule has 3 atom stereocenters. The summed E-state index contributed by atoms with van der Waals surface area (Å²) in [6.45, 7) is 12.0. The smallest absolute Gasteiger partial charge is 0.243 e. The standard InChI is InChI=1S/C21H38N4O3.C4H10/c1-3-7-18(20(27)24-14-19(22)26)25-11-10-17(21(25)28)23-13-15(2)12-16-8-5-4-6-9-16;1-4(2)3/h15-18,23H,3-14H2,1-2H3,(H2,22,26)(H,24,27);4H,1-3H3/t15?,17-,18+;/m1./s1. The van der Waals surface area contributed by atoms with Crippen molar-refractivity contribution >= 4 is 17.7 Å². The molecule has 0 aromatic carbocycles. The Kier molecular flexibility index (Phi) is 13.5. The van der Waals surface area contributed by atoms with Crippen molar-refractivity contribution in [2.75, 3.05) is 19.6 Å². The molecule has 0 radical (unpaired) electrons. The van der Waals surface area contributed by atoms with Gasteiger partial charge in [-0.1, -0.05) is 73.1 Å². The van der Waals surface area contributed by atoms with Crippen LogP contribution >= 0.6 is 0 Å². The van der Waals surface area contributed by atoms with Gasteiger partial charge in [-0.15, -0.1) is 0 Å². The molecule has 2 aliphatic rings. The van der Waals surface area contributed by atoms with Gasteiger partial charge in [0.1, 0.15) is 6.04 Å². The van der Waals surface area contributed by atoms with Crippen molar-refractivity contribution in [3.05, 3.63) is 0 Å². The van der Waals surface area contributed by atoms with E-state index in [1.165, 1.54) is 38.5 Å². The lowest BCUT2D eigenvalue weighted by molar-refractivity contribution is -0.139. The Morgan fingerprint density at radius 3 is 2.28 bits per heavy atom. The summed E-state index contributed by atoms with van der Waals surface area (Å²) < 4.78 is 0. The molecule has 2 fully saturated rings. The van der Waals surface area contributed by atoms with Crippen molar-refractivity contribution in [1.29, 1.82) is 0 Å². The molecule has 7 heteroatoms. The Balaban J connectivity index is 0.00000118. The summed E-state index contributed by atoms with van der Waals surface area (Å²) in [6.07, 6.45) is 10.1. The summed E-state index contributed by atoms with van der Waals surface area (Å²) in [4.78, 5) is 37.9. The van der Waals surface area contributed by atoms with Crippen LogP contribution in [0.25, 0.3) is 0 Å². The predicted octanol–water partition coefficient (Wildman–Crippen LogP) is 3.22. The molecule has 3 amide bonds. The van der Waals surface area contributed by atoms with Crippen LogP contribution in [0.15, 0.2) is 0 Å². The fourth-order valence-electron chi connectivity index (χ4n) is 4.61. The number of nitrogens with zero attached hydrogens (tertiary/aromatic N) is 1. The molecule has 0 bridgehead atoms. The highest BCUT2D eigenvalue weighted by atomic mass is 16.2. The van der Waals surface area contributed by atoms with Gasteiger partial charge >= 0.3 is 0 Å². The average Bonchev–Trinajstić information content (AvgIpc) is 3.09. The van der Waals surface area contributed by atoms with Crippen molar-refractivity contribution in [2.45, 2.75) is 104 Å². The second-order valence-corrected chi connectivity index (χ2v) is 10.3. The van der Waals surface area contributed by atoms with Gasteiger partial charge in [0.05, 0.1) is 12.6 Å². The zero-order valence-electron chi connectivity index (χ0n) is 21.1. The number of nitrogens with two attached hydrogens (primary N) is 1. The lowest BCUT2D eigenvalue weighted by atomic mass is 9.83. The quantitative estimate of drug-likeness (QED) is 0.448. The van der Waals surface area contributed by atoms with E-state index in [0.717, 1.165) is 31.2 Å². The number of likely N-dealkylation sites (tertiary alicyclic amines) is 1. The SMILES string of the molecule is CC(C)C.CCC[C@@H](C(=O)NCC(N)=O)N1CC[C@@H](NCC(C)CC2CCCCC2)C1=O. The molecule has 1 aliphatic carbocycles. The van der Waals surface area contributed by atoms with E-state index in [4.69, 9.17) is 5.73 Å². The van der Waals surface area contributed by atoms with E-state index in [9.17, 15) is 14.4 Å². The van der Waals surface area contributed by atoms with Crippen molar-refractivity contribution in [3.8, 4) is 0 Å². The summed E-state index contributed by atoms with van der Waals surface area (Å²) in [5.41, 5.74) is 5.11. The monoisotopic (exact) mass is 452 g/mol. The highest BCUT2D eigenvalue weighted by Crippen LogP contribution is 2.29. The van der Waals surface area contributed by atoms with E-state index in [1.54, 1.807) is 4.90 Å². The minimum absolute atomic E-state index is 0.00228. The first-order valence-electron chi connectivity index (χ1n) is 12.8. The number of hydrogen-bond donors (Lipinski definition) is 3. The number of nitrogens with one attached hydrogen (secondary N) is 2.